The standard InChI is InChI=1S/C18H32N2O4/c1-18(2)16(8-12-24-18)19-17(21)20-9-6-14(7-10-20)23-13-15-5-3-4-11-22-15/h14-16H,3-13H2,1-2H3,(H,19,21). The molecule has 2 atom stereocenters. The maximum absolute atomic E-state index is 12.5. The van der Waals surface area contributed by atoms with E-state index in [1.54, 1.807) is 0 Å². The van der Waals surface area contributed by atoms with Crippen LogP contribution in [-0.4, -0.2) is 67.7 Å². The lowest BCUT2D eigenvalue weighted by molar-refractivity contribution is -0.0729. The number of amides is 2. The summed E-state index contributed by atoms with van der Waals surface area (Å²) >= 11 is 0. The first-order valence-corrected chi connectivity index (χ1v) is 9.47. The number of ether oxygens (including phenoxy) is 3. The molecule has 138 valence electrons. The first kappa shape index (κ1) is 18.0. The second-order valence-electron chi connectivity index (χ2n) is 7.75. The summed E-state index contributed by atoms with van der Waals surface area (Å²) in [6, 6.07) is 0.134. The summed E-state index contributed by atoms with van der Waals surface area (Å²) in [6.07, 6.45) is 6.76. The molecule has 6 heteroatoms. The quantitative estimate of drug-likeness (QED) is 0.853. The summed E-state index contributed by atoms with van der Waals surface area (Å²) in [5, 5.41) is 3.14. The van der Waals surface area contributed by atoms with Crippen molar-refractivity contribution in [2.45, 2.75) is 76.2 Å². The van der Waals surface area contributed by atoms with Gasteiger partial charge in [-0.1, -0.05) is 0 Å². The van der Waals surface area contributed by atoms with Gasteiger partial charge in [-0.2, -0.15) is 0 Å². The van der Waals surface area contributed by atoms with E-state index in [1.165, 1.54) is 12.8 Å². The Hall–Kier alpha value is -0.850. The molecule has 1 N–H and O–H groups in total. The molecule has 3 aliphatic heterocycles. The average Bonchev–Trinajstić information content (AvgIpc) is 2.93. The van der Waals surface area contributed by atoms with Gasteiger partial charge < -0.3 is 24.4 Å². The molecule has 0 aromatic heterocycles. The topological polar surface area (TPSA) is 60.0 Å². The maximum Gasteiger partial charge on any atom is 0.317 e. The highest BCUT2D eigenvalue weighted by atomic mass is 16.5. The third-order valence-electron chi connectivity index (χ3n) is 5.54. The van der Waals surface area contributed by atoms with E-state index < -0.39 is 0 Å². The minimum Gasteiger partial charge on any atom is -0.376 e. The largest absolute Gasteiger partial charge is 0.376 e. The molecule has 0 aliphatic carbocycles. The number of hydrogen-bond donors (Lipinski definition) is 1. The molecule has 6 nitrogen and oxygen atoms in total. The number of piperidine rings is 1. The SMILES string of the molecule is CC1(C)OCCC1NC(=O)N1CCC(OCC2CCCCO2)CC1. The van der Waals surface area contributed by atoms with Crippen molar-refractivity contribution in [3.63, 3.8) is 0 Å². The molecule has 3 fully saturated rings. The fourth-order valence-corrected chi connectivity index (χ4v) is 3.78. The Morgan fingerprint density at radius 2 is 1.96 bits per heavy atom. The summed E-state index contributed by atoms with van der Waals surface area (Å²) in [6.45, 7) is 7.89. The van der Waals surface area contributed by atoms with Gasteiger partial charge in [0.2, 0.25) is 0 Å². The fraction of sp³-hybridized carbons (Fsp3) is 0.944. The summed E-state index contributed by atoms with van der Waals surface area (Å²) in [5.74, 6) is 0. The highest BCUT2D eigenvalue weighted by Gasteiger charge is 2.37. The van der Waals surface area contributed by atoms with Crippen molar-refractivity contribution in [3.05, 3.63) is 0 Å². The lowest BCUT2D eigenvalue weighted by atomic mass is 9.99. The molecule has 0 spiro atoms. The summed E-state index contributed by atoms with van der Waals surface area (Å²) in [4.78, 5) is 14.4. The van der Waals surface area contributed by atoms with E-state index in [1.807, 2.05) is 18.7 Å². The molecule has 24 heavy (non-hydrogen) atoms. The van der Waals surface area contributed by atoms with Crippen LogP contribution in [0, 0.1) is 0 Å². The third kappa shape index (κ3) is 4.61. The van der Waals surface area contributed by atoms with Gasteiger partial charge in [-0.05, 0) is 52.4 Å². The minimum atomic E-state index is -0.267. The number of nitrogens with one attached hydrogen (secondary N) is 1. The smallest absolute Gasteiger partial charge is 0.317 e. The average molecular weight is 340 g/mol. The molecule has 3 rings (SSSR count). The number of hydrogen-bond acceptors (Lipinski definition) is 4. The molecule has 0 radical (unpaired) electrons. The molecule has 0 saturated carbocycles. The third-order valence-corrected chi connectivity index (χ3v) is 5.54. The van der Waals surface area contributed by atoms with Crippen LogP contribution in [0.2, 0.25) is 0 Å². The van der Waals surface area contributed by atoms with E-state index in [4.69, 9.17) is 14.2 Å². The van der Waals surface area contributed by atoms with E-state index in [0.29, 0.717) is 6.61 Å². The number of rotatable bonds is 4. The van der Waals surface area contributed by atoms with Crippen molar-refractivity contribution in [1.82, 2.24) is 10.2 Å². The van der Waals surface area contributed by atoms with Crippen molar-refractivity contribution >= 4 is 6.03 Å². The van der Waals surface area contributed by atoms with Crippen molar-refractivity contribution in [2.24, 2.45) is 0 Å². The summed E-state index contributed by atoms with van der Waals surface area (Å²) < 4.78 is 17.4. The molecular formula is C18H32N2O4. The van der Waals surface area contributed by atoms with Crippen molar-refractivity contribution in [1.29, 1.82) is 0 Å². The van der Waals surface area contributed by atoms with Crippen LogP contribution in [0.4, 0.5) is 4.79 Å². The first-order chi connectivity index (χ1) is 11.5. The monoisotopic (exact) mass is 340 g/mol. The van der Waals surface area contributed by atoms with Gasteiger partial charge in [0, 0.05) is 26.3 Å². The van der Waals surface area contributed by atoms with Gasteiger partial charge in [-0.3, -0.25) is 0 Å². The number of nitrogens with zero attached hydrogens (tertiary/aromatic N) is 1. The first-order valence-electron chi connectivity index (χ1n) is 9.47. The van der Waals surface area contributed by atoms with Crippen LogP contribution in [0.5, 0.6) is 0 Å². The molecule has 2 unspecified atom stereocenters. The van der Waals surface area contributed by atoms with Crippen LogP contribution in [0.3, 0.4) is 0 Å². The van der Waals surface area contributed by atoms with Crippen molar-refractivity contribution in [3.8, 4) is 0 Å². The summed E-state index contributed by atoms with van der Waals surface area (Å²) in [7, 11) is 0. The second-order valence-corrected chi connectivity index (χ2v) is 7.75. The molecular weight excluding hydrogens is 308 g/mol. The zero-order valence-electron chi connectivity index (χ0n) is 15.1. The molecule has 0 aromatic carbocycles. The summed E-state index contributed by atoms with van der Waals surface area (Å²) in [5.41, 5.74) is -0.267. The Bertz CT molecular complexity index is 415. The van der Waals surface area contributed by atoms with E-state index in [9.17, 15) is 4.79 Å². The Morgan fingerprint density at radius 1 is 1.17 bits per heavy atom. The zero-order valence-corrected chi connectivity index (χ0v) is 15.1. The number of urea groups is 1. The van der Waals surface area contributed by atoms with Crippen LogP contribution in [0.15, 0.2) is 0 Å². The Balaban J connectivity index is 1.36. The van der Waals surface area contributed by atoms with Crippen molar-refractivity contribution in [2.75, 3.05) is 32.9 Å². The van der Waals surface area contributed by atoms with Crippen LogP contribution in [-0.2, 0) is 14.2 Å². The molecule has 2 amide bonds. The van der Waals surface area contributed by atoms with Gasteiger partial charge in [-0.25, -0.2) is 4.79 Å². The predicted molar refractivity (Wildman–Crippen MR) is 91.1 cm³/mol. The van der Waals surface area contributed by atoms with Crippen LogP contribution < -0.4 is 5.32 Å². The normalized spacial score (nSPS) is 31.2. The molecule has 3 heterocycles. The van der Waals surface area contributed by atoms with E-state index in [2.05, 4.69) is 5.32 Å². The van der Waals surface area contributed by atoms with E-state index in [-0.39, 0.29) is 29.9 Å². The zero-order chi connectivity index (χ0) is 17.0. The van der Waals surface area contributed by atoms with Crippen molar-refractivity contribution < 1.29 is 19.0 Å². The lowest BCUT2D eigenvalue weighted by Gasteiger charge is -2.35. The van der Waals surface area contributed by atoms with Crippen LogP contribution >= 0.6 is 0 Å². The second kappa shape index (κ2) is 8.02. The van der Waals surface area contributed by atoms with Gasteiger partial charge in [-0.15, -0.1) is 0 Å². The minimum absolute atomic E-state index is 0.0349. The number of carbonyl (C=O) groups is 1. The predicted octanol–water partition coefficient (Wildman–Crippen LogP) is 2.31. The van der Waals surface area contributed by atoms with E-state index in [0.717, 1.165) is 52.0 Å². The van der Waals surface area contributed by atoms with Crippen LogP contribution in [0.1, 0.15) is 52.4 Å². The van der Waals surface area contributed by atoms with Gasteiger partial charge in [0.1, 0.15) is 0 Å². The maximum atomic E-state index is 12.5. The fourth-order valence-electron chi connectivity index (χ4n) is 3.78. The highest BCUT2D eigenvalue weighted by molar-refractivity contribution is 5.74. The molecule has 3 saturated heterocycles. The molecule has 0 bridgehead atoms. The number of likely N-dealkylation sites (tertiary alicyclic amines) is 1. The van der Waals surface area contributed by atoms with Gasteiger partial charge in [0.15, 0.2) is 0 Å². The Kier molecular flexibility index (Phi) is 6.00. The van der Waals surface area contributed by atoms with Gasteiger partial charge in [0.25, 0.3) is 0 Å². The van der Waals surface area contributed by atoms with Crippen LogP contribution in [0.25, 0.3) is 0 Å². The number of carbonyl (C=O) groups excluding carboxylic acids is 1. The Morgan fingerprint density at radius 3 is 2.58 bits per heavy atom. The Labute approximate surface area is 145 Å². The molecule has 0 aromatic rings. The van der Waals surface area contributed by atoms with E-state index >= 15 is 0 Å². The highest BCUT2D eigenvalue weighted by Crippen LogP contribution is 2.25. The van der Waals surface area contributed by atoms with Gasteiger partial charge in [0.05, 0.1) is 30.5 Å². The molecule has 3 aliphatic rings. The lowest BCUT2D eigenvalue weighted by Crippen LogP contribution is -2.53. The van der Waals surface area contributed by atoms with Gasteiger partial charge >= 0.3 is 6.03 Å².